The maximum absolute atomic E-state index is 16.2. The number of alkyl halides is 2. The highest BCUT2D eigenvalue weighted by atomic mass is 79.9. The number of allylic oxidation sites excluding steroid dienone is 3. The van der Waals surface area contributed by atoms with E-state index in [1.165, 1.54) is 46.2 Å². The molecule has 10 atom stereocenters. The molecule has 0 spiro atoms. The van der Waals surface area contributed by atoms with Crippen LogP contribution in [0.4, 0.5) is 25.4 Å². The van der Waals surface area contributed by atoms with E-state index in [1.54, 1.807) is 52.0 Å². The van der Waals surface area contributed by atoms with Gasteiger partial charge in [-0.1, -0.05) is 94.5 Å². The fraction of sp³-hybridized carbons (Fsp3) is 0.583. The number of hydrogen-bond acceptors (Lipinski definition) is 15. The summed E-state index contributed by atoms with van der Waals surface area (Å²) in [5.74, 6) is -6.63. The van der Waals surface area contributed by atoms with E-state index >= 15 is 4.39 Å². The number of primary amides is 1. The predicted molar refractivity (Wildman–Crippen MR) is 333 cm³/mol. The second-order valence-electron chi connectivity index (χ2n) is 22.9. The summed E-state index contributed by atoms with van der Waals surface area (Å²) >= 11 is 13.5. The van der Waals surface area contributed by atoms with Gasteiger partial charge in [-0.2, -0.15) is 0 Å². The quantitative estimate of drug-likeness (QED) is 0.0242. The van der Waals surface area contributed by atoms with E-state index in [1.807, 2.05) is 13.0 Å². The molecule has 5 rings (SSSR count). The summed E-state index contributed by atoms with van der Waals surface area (Å²) in [6.45, 7) is 10.5. The molecule has 9 amide bonds. The molecule has 9 N–H and O–H groups in total. The van der Waals surface area contributed by atoms with Crippen LogP contribution in [0, 0.1) is 23.6 Å². The topological polar surface area (TPSA) is 328 Å². The number of halogens is 4. The second-order valence-corrected chi connectivity index (χ2v) is 24.6. The van der Waals surface area contributed by atoms with Gasteiger partial charge in [0.25, 0.3) is 5.91 Å². The molecule has 3 heterocycles. The molecule has 0 saturated carbocycles. The van der Waals surface area contributed by atoms with Gasteiger partial charge in [-0.3, -0.25) is 34.1 Å². The van der Waals surface area contributed by atoms with Crippen LogP contribution in [0.25, 0.3) is 0 Å². The van der Waals surface area contributed by atoms with Crippen LogP contribution in [0.3, 0.4) is 0 Å². The number of unbranched alkanes of at least 4 members (excludes halogenated alkanes) is 2. The zero-order chi connectivity index (χ0) is 65.4. The SMILES string of the molecule is COc1cc2cc(c1Cl)N(C)C(=O)C[C@H](OC(=O)[C@H](C)N(C)C(=O)c1ccc(NC(=O)[C@H](CCCNC(N)=O)NC(=O)[C@@H](NC(=O)CCCCCNC(=O)C(CBr)CBr)C(C)C)cc1F)[C@]1(C)O[C@H]1[C@H](C)[C@@H]1C[C@@](O)(NC(=O)O1)[C@H](OC)/C=C/C=C(\C)C2. The number of methoxy groups -OCH3 is 2. The number of fused-ring (bicyclic) bond motifs is 5. The van der Waals surface area contributed by atoms with E-state index in [9.17, 15) is 48.3 Å². The number of nitrogens with one attached hydrogen (secondary N) is 6. The highest BCUT2D eigenvalue weighted by Gasteiger charge is 2.64. The Hall–Kier alpha value is -6.39. The fourth-order valence-corrected chi connectivity index (χ4v) is 12.3. The fourth-order valence-electron chi connectivity index (χ4n) is 10.3. The summed E-state index contributed by atoms with van der Waals surface area (Å²) in [5.41, 5.74) is 3.11. The summed E-state index contributed by atoms with van der Waals surface area (Å²) in [4.78, 5) is 123. The van der Waals surface area contributed by atoms with Crippen molar-refractivity contribution in [3.05, 3.63) is 76.1 Å². The van der Waals surface area contributed by atoms with Gasteiger partial charge >= 0.3 is 18.1 Å². The number of anilines is 2. The Balaban J connectivity index is 1.32. The summed E-state index contributed by atoms with van der Waals surface area (Å²) in [6.07, 6.45) is 1.67. The number of ether oxygens (including phenoxy) is 5. The van der Waals surface area contributed by atoms with Crippen molar-refractivity contribution in [3.8, 4) is 5.75 Å². The third kappa shape index (κ3) is 19.3. The zero-order valence-corrected chi connectivity index (χ0v) is 55.2. The molecule has 28 heteroatoms. The van der Waals surface area contributed by atoms with Gasteiger partial charge in [-0.25, -0.2) is 18.8 Å². The average molecular weight is 1380 g/mol. The summed E-state index contributed by atoms with van der Waals surface area (Å²) < 4.78 is 45.6. The van der Waals surface area contributed by atoms with Gasteiger partial charge in [0.15, 0.2) is 5.72 Å². The number of epoxide rings is 1. The monoisotopic (exact) mass is 1380 g/mol. The molecule has 2 saturated heterocycles. The van der Waals surface area contributed by atoms with E-state index in [0.29, 0.717) is 42.9 Å². The van der Waals surface area contributed by atoms with Crippen LogP contribution in [-0.4, -0.2) is 169 Å². The number of carbonyl (C=O) groups excluding carboxylic acids is 9. The lowest BCUT2D eigenvalue weighted by molar-refractivity contribution is -0.158. The Kier molecular flexibility index (Phi) is 27.1. The summed E-state index contributed by atoms with van der Waals surface area (Å²) in [5, 5.41) is 28.8. The molecule has 2 aromatic rings. The van der Waals surface area contributed by atoms with Crippen molar-refractivity contribution in [3.63, 3.8) is 0 Å². The third-order valence-electron chi connectivity index (χ3n) is 15.9. The molecule has 0 radical (unpaired) electrons. The predicted octanol–water partition coefficient (Wildman–Crippen LogP) is 6.06. The summed E-state index contributed by atoms with van der Waals surface area (Å²) in [6, 6.07) is 2.11. The molecule has 88 heavy (non-hydrogen) atoms. The molecule has 3 aliphatic rings. The van der Waals surface area contributed by atoms with Crippen molar-refractivity contribution in [1.29, 1.82) is 0 Å². The van der Waals surface area contributed by atoms with E-state index in [4.69, 9.17) is 41.0 Å². The smallest absolute Gasteiger partial charge is 0.409 e. The van der Waals surface area contributed by atoms with Crippen LogP contribution in [0.2, 0.25) is 5.02 Å². The van der Waals surface area contributed by atoms with Crippen molar-refractivity contribution >= 4 is 108 Å². The van der Waals surface area contributed by atoms with Gasteiger partial charge in [-0.05, 0) is 94.7 Å². The van der Waals surface area contributed by atoms with E-state index in [-0.39, 0.29) is 66.2 Å². The molecule has 0 aromatic heterocycles. The van der Waals surface area contributed by atoms with Crippen LogP contribution >= 0.6 is 43.5 Å². The number of nitrogens with two attached hydrogens (primary N) is 1. The maximum Gasteiger partial charge on any atom is 0.409 e. The molecule has 2 fully saturated rings. The number of esters is 1. The number of hydrogen-bond donors (Lipinski definition) is 8. The molecular weight excluding hydrogens is 1300 g/mol. The molecular formula is C60H83Br2ClFN9O15. The average Bonchev–Trinajstić information content (AvgIpc) is 1.60. The maximum atomic E-state index is 16.2. The van der Waals surface area contributed by atoms with Crippen molar-refractivity contribution < 1.29 is 76.3 Å². The molecule has 2 aromatic carbocycles. The molecule has 0 aliphatic carbocycles. The van der Waals surface area contributed by atoms with Gasteiger partial charge in [-0.15, -0.1) is 0 Å². The molecule has 4 bridgehead atoms. The van der Waals surface area contributed by atoms with Gasteiger partial charge in [0.05, 0.1) is 36.8 Å². The Labute approximate surface area is 534 Å². The number of aliphatic hydroxyl groups is 1. The van der Waals surface area contributed by atoms with E-state index < -0.39 is 131 Å². The minimum Gasteiger partial charge on any atom is -0.495 e. The van der Waals surface area contributed by atoms with Crippen LogP contribution < -0.4 is 47.3 Å². The number of amides is 9. The van der Waals surface area contributed by atoms with Crippen molar-refractivity contribution in [2.45, 2.75) is 153 Å². The highest BCUT2D eigenvalue weighted by Crippen LogP contribution is 2.49. The first kappa shape index (κ1) is 72.4. The largest absolute Gasteiger partial charge is 0.495 e. The van der Waals surface area contributed by atoms with Gasteiger partial charge < -0.3 is 70.9 Å². The zero-order valence-electron chi connectivity index (χ0n) is 51.2. The lowest BCUT2D eigenvalue weighted by Gasteiger charge is -2.42. The molecule has 486 valence electrons. The molecule has 0 unspecified atom stereocenters. The highest BCUT2D eigenvalue weighted by molar-refractivity contribution is 9.09. The Morgan fingerprint density at radius 3 is 2.31 bits per heavy atom. The molecule has 24 nitrogen and oxygen atoms in total. The first-order valence-corrected chi connectivity index (χ1v) is 31.6. The van der Waals surface area contributed by atoms with Crippen molar-refractivity contribution in [2.75, 3.05) is 62.3 Å². The van der Waals surface area contributed by atoms with Gasteiger partial charge in [0.2, 0.25) is 29.5 Å². The van der Waals surface area contributed by atoms with Crippen LogP contribution in [0.15, 0.2) is 54.1 Å². The normalized spacial score (nSPS) is 23.9. The lowest BCUT2D eigenvalue weighted by atomic mass is 9.83. The van der Waals surface area contributed by atoms with E-state index in [2.05, 4.69) is 63.8 Å². The van der Waals surface area contributed by atoms with E-state index in [0.717, 1.165) is 28.2 Å². The van der Waals surface area contributed by atoms with Gasteiger partial charge in [0, 0.05) is 69.4 Å². The Morgan fingerprint density at radius 2 is 1.67 bits per heavy atom. The summed E-state index contributed by atoms with van der Waals surface area (Å²) in [7, 11) is 5.56. The standard InChI is InChI=1S/C60H83Br2ClFN9O15/c1-32(2)50(70-47(74)19-12-11-13-22-66-52(76)37(30-61)31-62)54(78)69-41(17-15-23-67-57(65)81)53(77)68-38-20-21-39(40(64)27-38)55(79)72(7)35(5)56(80)87-46-28-48(75)73(8)42-25-36(26-43(84-9)49(42)63)24-33(3)16-14-18-45(85-10)60(83)29-44(86-58(82)71-60)34(4)51-59(46,6)88-51/h14,16,18,20-21,25-27,32,34-35,37,41,44-46,50-51,83H,11-13,15,17,19,22-24,28-31H2,1-10H3,(H,66,76)(H,68,77)(H,69,78)(H,70,74)(H,71,82)(H3,65,67,81)/b18-14+,33-16+/t34-,35+,41+,44+,45-,46+,50+,51+,59+,60+/m1/s1. The number of benzene rings is 2. The van der Waals surface area contributed by atoms with Crippen LogP contribution in [0.1, 0.15) is 109 Å². The Bertz CT molecular complexity index is 2940. The third-order valence-corrected chi connectivity index (χ3v) is 17.9. The first-order chi connectivity index (χ1) is 41.5. The second kappa shape index (κ2) is 32.9. The van der Waals surface area contributed by atoms with Crippen molar-refractivity contribution in [1.82, 2.24) is 31.5 Å². The molecule has 3 aliphatic heterocycles. The number of nitrogens with zero attached hydrogens (tertiary/aromatic N) is 2. The number of urea groups is 1. The number of rotatable bonds is 25. The van der Waals surface area contributed by atoms with Crippen LogP contribution in [0.5, 0.6) is 5.75 Å². The first-order valence-electron chi connectivity index (χ1n) is 29.0. The van der Waals surface area contributed by atoms with Gasteiger partial charge in [0.1, 0.15) is 58.6 Å². The number of alkyl carbamates (subject to hydrolysis) is 1. The van der Waals surface area contributed by atoms with Crippen LogP contribution in [-0.2, 0) is 54.1 Å². The minimum absolute atomic E-state index is 0.0336. The minimum atomic E-state index is -1.94. The lowest BCUT2D eigenvalue weighted by Crippen LogP contribution is -2.63. The number of carbonyl (C=O) groups is 9. The van der Waals surface area contributed by atoms with Crippen molar-refractivity contribution in [2.24, 2.45) is 23.5 Å². The Morgan fingerprint density at radius 1 is 0.977 bits per heavy atom. The number of likely N-dealkylation sites (N-methyl/N-ethyl adjacent to an activating group) is 1.